The highest BCUT2D eigenvalue weighted by atomic mass is 35.5. The Balaban J connectivity index is 1.58. The van der Waals surface area contributed by atoms with Crippen LogP contribution in [0.25, 0.3) is 22.6 Å². The molecule has 6 nitrogen and oxygen atoms in total. The normalized spacial score (nSPS) is 17.1. The van der Waals surface area contributed by atoms with Gasteiger partial charge in [0.15, 0.2) is 5.58 Å². The molecule has 1 amide bonds. The van der Waals surface area contributed by atoms with Crippen molar-refractivity contribution < 1.29 is 18.7 Å². The SMILES string of the molecule is COC(=O)[C@H]1CC(=O)N(c2ccc(-c3nc4cc(Cl)ccc4o3)cc2)C1. The number of oxazole rings is 1. The van der Waals surface area contributed by atoms with Crippen LogP contribution >= 0.6 is 11.6 Å². The van der Waals surface area contributed by atoms with Gasteiger partial charge in [-0.3, -0.25) is 9.59 Å². The van der Waals surface area contributed by atoms with Gasteiger partial charge in [0.25, 0.3) is 0 Å². The number of esters is 1. The number of hydrogen-bond donors (Lipinski definition) is 0. The van der Waals surface area contributed by atoms with Gasteiger partial charge in [-0.15, -0.1) is 0 Å². The van der Waals surface area contributed by atoms with E-state index in [4.69, 9.17) is 20.8 Å². The van der Waals surface area contributed by atoms with Crippen molar-refractivity contribution in [2.24, 2.45) is 5.92 Å². The molecule has 0 N–H and O–H groups in total. The molecular weight excluding hydrogens is 356 g/mol. The van der Waals surface area contributed by atoms with Crippen LogP contribution in [0.4, 0.5) is 5.69 Å². The van der Waals surface area contributed by atoms with Crippen molar-refractivity contribution >= 4 is 40.3 Å². The van der Waals surface area contributed by atoms with E-state index < -0.39 is 5.92 Å². The van der Waals surface area contributed by atoms with Gasteiger partial charge in [-0.05, 0) is 42.5 Å². The molecule has 2 aromatic carbocycles. The number of amides is 1. The third-order valence-corrected chi connectivity index (χ3v) is 4.67. The molecule has 0 unspecified atom stereocenters. The molecule has 2 heterocycles. The maximum absolute atomic E-state index is 12.2. The number of halogens is 1. The van der Waals surface area contributed by atoms with Gasteiger partial charge in [0.05, 0.1) is 13.0 Å². The van der Waals surface area contributed by atoms with E-state index in [1.807, 2.05) is 24.3 Å². The zero-order valence-corrected chi connectivity index (χ0v) is 14.7. The van der Waals surface area contributed by atoms with E-state index in [-0.39, 0.29) is 18.3 Å². The predicted octanol–water partition coefficient (Wildman–Crippen LogP) is 3.67. The number of aromatic nitrogens is 1. The van der Waals surface area contributed by atoms with Gasteiger partial charge >= 0.3 is 5.97 Å². The number of hydrogen-bond acceptors (Lipinski definition) is 5. The van der Waals surface area contributed by atoms with E-state index in [0.29, 0.717) is 28.6 Å². The number of methoxy groups -OCH3 is 1. The molecule has 1 aromatic heterocycles. The monoisotopic (exact) mass is 370 g/mol. The number of ether oxygens (including phenoxy) is 1. The van der Waals surface area contributed by atoms with Gasteiger partial charge in [-0.25, -0.2) is 4.98 Å². The molecule has 0 radical (unpaired) electrons. The van der Waals surface area contributed by atoms with Gasteiger partial charge in [-0.2, -0.15) is 0 Å². The van der Waals surface area contributed by atoms with Crippen molar-refractivity contribution in [3.8, 4) is 11.5 Å². The zero-order chi connectivity index (χ0) is 18.3. The average molecular weight is 371 g/mol. The number of carbonyl (C=O) groups is 2. The molecule has 132 valence electrons. The molecule has 1 fully saturated rings. The van der Waals surface area contributed by atoms with Crippen molar-refractivity contribution in [2.45, 2.75) is 6.42 Å². The molecule has 0 saturated carbocycles. The summed E-state index contributed by atoms with van der Waals surface area (Å²) >= 11 is 5.97. The fourth-order valence-corrected chi connectivity index (χ4v) is 3.26. The van der Waals surface area contributed by atoms with E-state index in [1.54, 1.807) is 23.1 Å². The maximum atomic E-state index is 12.2. The molecule has 1 aliphatic rings. The lowest BCUT2D eigenvalue weighted by molar-refractivity contribution is -0.145. The van der Waals surface area contributed by atoms with Crippen molar-refractivity contribution in [3.05, 3.63) is 47.5 Å². The lowest BCUT2D eigenvalue weighted by Gasteiger charge is -2.16. The number of carbonyl (C=O) groups excluding carboxylic acids is 2. The number of anilines is 1. The quantitative estimate of drug-likeness (QED) is 0.658. The highest BCUT2D eigenvalue weighted by Gasteiger charge is 2.35. The van der Waals surface area contributed by atoms with Crippen LogP contribution in [0.5, 0.6) is 0 Å². The Morgan fingerprint density at radius 2 is 2.04 bits per heavy atom. The lowest BCUT2D eigenvalue weighted by atomic mass is 10.1. The fraction of sp³-hybridized carbons (Fsp3) is 0.211. The van der Waals surface area contributed by atoms with E-state index in [9.17, 15) is 9.59 Å². The fourth-order valence-electron chi connectivity index (χ4n) is 3.09. The van der Waals surface area contributed by atoms with E-state index in [0.717, 1.165) is 11.3 Å². The highest BCUT2D eigenvalue weighted by molar-refractivity contribution is 6.31. The number of nitrogens with zero attached hydrogens (tertiary/aromatic N) is 2. The van der Waals surface area contributed by atoms with Gasteiger partial charge in [0.2, 0.25) is 11.8 Å². The van der Waals surface area contributed by atoms with Crippen molar-refractivity contribution in [3.63, 3.8) is 0 Å². The summed E-state index contributed by atoms with van der Waals surface area (Å²) in [5.41, 5.74) is 2.86. The van der Waals surface area contributed by atoms with Crippen LogP contribution in [0.15, 0.2) is 46.9 Å². The Morgan fingerprint density at radius 1 is 1.27 bits per heavy atom. The number of rotatable bonds is 3. The predicted molar refractivity (Wildman–Crippen MR) is 96.9 cm³/mol. The van der Waals surface area contributed by atoms with Crippen LogP contribution in [-0.2, 0) is 14.3 Å². The minimum absolute atomic E-state index is 0.0929. The first kappa shape index (κ1) is 16.6. The van der Waals surface area contributed by atoms with E-state index >= 15 is 0 Å². The molecule has 26 heavy (non-hydrogen) atoms. The van der Waals surface area contributed by atoms with Crippen LogP contribution in [-0.4, -0.2) is 30.5 Å². The molecule has 4 rings (SSSR count). The zero-order valence-electron chi connectivity index (χ0n) is 13.9. The van der Waals surface area contributed by atoms with Gasteiger partial charge in [0.1, 0.15) is 5.52 Å². The smallest absolute Gasteiger partial charge is 0.311 e. The molecule has 7 heteroatoms. The summed E-state index contributed by atoms with van der Waals surface area (Å²) in [6.07, 6.45) is 0.167. The van der Waals surface area contributed by atoms with Gasteiger partial charge in [-0.1, -0.05) is 11.6 Å². The first-order chi connectivity index (χ1) is 12.5. The molecule has 1 saturated heterocycles. The summed E-state index contributed by atoms with van der Waals surface area (Å²) in [5.74, 6) is -0.393. The van der Waals surface area contributed by atoms with Gasteiger partial charge in [0, 0.05) is 29.2 Å². The summed E-state index contributed by atoms with van der Waals surface area (Å²) < 4.78 is 10.5. The van der Waals surface area contributed by atoms with Crippen LogP contribution in [0, 0.1) is 5.92 Å². The summed E-state index contributed by atoms with van der Waals surface area (Å²) in [5, 5.41) is 0.598. The lowest BCUT2D eigenvalue weighted by Crippen LogP contribution is -2.26. The molecule has 1 aliphatic heterocycles. The minimum Gasteiger partial charge on any atom is -0.469 e. The highest BCUT2D eigenvalue weighted by Crippen LogP contribution is 2.30. The summed E-state index contributed by atoms with van der Waals surface area (Å²) in [4.78, 5) is 29.9. The Kier molecular flexibility index (Phi) is 4.12. The standard InChI is InChI=1S/C19H15ClN2O4/c1-25-19(24)12-8-17(23)22(10-12)14-5-2-11(3-6-14)18-21-15-9-13(20)4-7-16(15)26-18/h2-7,9,12H,8,10H2,1H3/t12-/m0/s1. The van der Waals surface area contributed by atoms with Crippen molar-refractivity contribution in [1.29, 1.82) is 0 Å². The van der Waals surface area contributed by atoms with Gasteiger partial charge < -0.3 is 14.1 Å². The molecule has 0 aliphatic carbocycles. The van der Waals surface area contributed by atoms with E-state index in [1.165, 1.54) is 7.11 Å². The largest absolute Gasteiger partial charge is 0.469 e. The Bertz CT molecular complexity index is 996. The van der Waals surface area contributed by atoms with Crippen LogP contribution in [0.1, 0.15) is 6.42 Å². The Hall–Kier alpha value is -2.86. The minimum atomic E-state index is -0.422. The molecule has 0 spiro atoms. The third kappa shape index (κ3) is 2.93. The van der Waals surface area contributed by atoms with E-state index in [2.05, 4.69) is 4.98 Å². The first-order valence-electron chi connectivity index (χ1n) is 8.10. The van der Waals surface area contributed by atoms with Crippen molar-refractivity contribution in [2.75, 3.05) is 18.6 Å². The first-order valence-corrected chi connectivity index (χ1v) is 8.47. The molecule has 1 atom stereocenters. The summed E-state index contributed by atoms with van der Waals surface area (Å²) in [6.45, 7) is 0.326. The molecule has 0 bridgehead atoms. The topological polar surface area (TPSA) is 72.6 Å². The van der Waals surface area contributed by atoms with Crippen LogP contribution in [0.2, 0.25) is 5.02 Å². The second-order valence-electron chi connectivity index (χ2n) is 6.11. The third-order valence-electron chi connectivity index (χ3n) is 4.44. The summed E-state index contributed by atoms with van der Waals surface area (Å²) in [6, 6.07) is 12.6. The summed E-state index contributed by atoms with van der Waals surface area (Å²) in [7, 11) is 1.33. The second-order valence-corrected chi connectivity index (χ2v) is 6.54. The van der Waals surface area contributed by atoms with Crippen molar-refractivity contribution in [1.82, 2.24) is 4.98 Å². The van der Waals surface area contributed by atoms with Crippen LogP contribution < -0.4 is 4.90 Å². The number of fused-ring (bicyclic) bond motifs is 1. The molecule has 3 aromatic rings. The average Bonchev–Trinajstić information content (AvgIpc) is 3.24. The molecular formula is C19H15ClN2O4. The maximum Gasteiger partial charge on any atom is 0.311 e. The second kappa shape index (κ2) is 6.46. The van der Waals surface area contributed by atoms with Crippen LogP contribution in [0.3, 0.4) is 0 Å². The Labute approximate surface area is 154 Å². The number of benzene rings is 2. The Morgan fingerprint density at radius 3 is 2.77 bits per heavy atom.